The van der Waals surface area contributed by atoms with Crippen LogP contribution in [-0.4, -0.2) is 38.7 Å². The van der Waals surface area contributed by atoms with Gasteiger partial charge >= 0.3 is 6.03 Å². The van der Waals surface area contributed by atoms with Gasteiger partial charge in [0.1, 0.15) is 11.6 Å². The monoisotopic (exact) mass is 652 g/mol. The summed E-state index contributed by atoms with van der Waals surface area (Å²) < 4.78 is 8.03. The van der Waals surface area contributed by atoms with E-state index in [9.17, 15) is 9.59 Å². The molecule has 2 aromatic heterocycles. The van der Waals surface area contributed by atoms with Crippen molar-refractivity contribution in [3.63, 3.8) is 0 Å². The lowest BCUT2D eigenvalue weighted by atomic mass is 10.1. The Morgan fingerprint density at radius 3 is 2.57 bits per heavy atom. The highest BCUT2D eigenvalue weighted by Crippen LogP contribution is 2.35. The van der Waals surface area contributed by atoms with Crippen molar-refractivity contribution in [2.75, 3.05) is 27.9 Å². The Labute approximate surface area is 284 Å². The van der Waals surface area contributed by atoms with Crippen molar-refractivity contribution < 1.29 is 14.3 Å². The van der Waals surface area contributed by atoms with Gasteiger partial charge in [0.25, 0.3) is 0 Å². The van der Waals surface area contributed by atoms with Crippen molar-refractivity contribution in [2.45, 2.75) is 39.5 Å². The lowest BCUT2D eigenvalue weighted by Gasteiger charge is -2.14. The van der Waals surface area contributed by atoms with Crippen LogP contribution in [0.3, 0.4) is 0 Å². The van der Waals surface area contributed by atoms with Crippen LogP contribution in [0.1, 0.15) is 36.6 Å². The quantitative estimate of drug-likeness (QED) is 0.136. The number of aryl methyl sites for hydroxylation is 2. The van der Waals surface area contributed by atoms with Gasteiger partial charge in [0.2, 0.25) is 17.7 Å². The molecule has 0 fully saturated rings. The van der Waals surface area contributed by atoms with E-state index in [0.29, 0.717) is 35.5 Å². The summed E-state index contributed by atoms with van der Waals surface area (Å²) in [7, 11) is 1.78. The first-order valence-electron chi connectivity index (χ1n) is 16.3. The maximum atomic E-state index is 13.4. The van der Waals surface area contributed by atoms with Crippen LogP contribution in [0, 0.1) is 6.92 Å². The van der Waals surface area contributed by atoms with E-state index in [1.165, 1.54) is 0 Å². The zero-order valence-corrected chi connectivity index (χ0v) is 27.5. The van der Waals surface area contributed by atoms with Crippen LogP contribution in [0.4, 0.5) is 33.6 Å². The number of hydrogen-bond donors (Lipinski definition) is 3. The number of urea groups is 1. The average molecular weight is 653 g/mol. The van der Waals surface area contributed by atoms with Crippen LogP contribution < -0.4 is 25.6 Å². The maximum absolute atomic E-state index is 13.4. The molecule has 3 amide bonds. The highest BCUT2D eigenvalue weighted by Gasteiger charge is 2.24. The summed E-state index contributed by atoms with van der Waals surface area (Å²) in [5.41, 5.74) is 6.19. The van der Waals surface area contributed by atoms with Crippen LogP contribution in [0.25, 0.3) is 16.5 Å². The highest BCUT2D eigenvalue weighted by molar-refractivity contribution is 6.07. The highest BCUT2D eigenvalue weighted by atomic mass is 16.5. The molecule has 1 aliphatic heterocycles. The third kappa shape index (κ3) is 6.77. The molecule has 4 aromatic carbocycles. The lowest BCUT2D eigenvalue weighted by molar-refractivity contribution is -0.117. The minimum Gasteiger partial charge on any atom is -0.438 e. The molecule has 1 aliphatic rings. The molecule has 0 radical (unpaired) electrons. The van der Waals surface area contributed by atoms with Crippen molar-refractivity contribution in [3.05, 3.63) is 114 Å². The van der Waals surface area contributed by atoms with Crippen LogP contribution >= 0.6 is 0 Å². The number of nitrogens with zero attached hydrogens (tertiary/aromatic N) is 5. The van der Waals surface area contributed by atoms with Crippen LogP contribution in [0.5, 0.6) is 11.6 Å². The van der Waals surface area contributed by atoms with Crippen LogP contribution in [0.15, 0.2) is 97.2 Å². The summed E-state index contributed by atoms with van der Waals surface area (Å²) in [5, 5.41) is 15.6. The molecule has 0 aliphatic carbocycles. The lowest BCUT2D eigenvalue weighted by Crippen LogP contribution is -2.21. The summed E-state index contributed by atoms with van der Waals surface area (Å²) in [5.74, 6) is 1.93. The molecular weight excluding hydrogens is 616 g/mol. The number of carbonyl (C=O) groups excluding carboxylic acids is 2. The zero-order chi connectivity index (χ0) is 33.9. The zero-order valence-electron chi connectivity index (χ0n) is 27.5. The Balaban J connectivity index is 1.08. The molecule has 6 aromatic rings. The van der Waals surface area contributed by atoms with Crippen LogP contribution in [-0.2, 0) is 17.6 Å². The number of unbranched alkanes of at least 4 members (excludes halogenated alkanes) is 1. The van der Waals surface area contributed by atoms with Gasteiger partial charge in [0, 0.05) is 47.5 Å². The number of rotatable bonds is 10. The van der Waals surface area contributed by atoms with Gasteiger partial charge in [-0.1, -0.05) is 55.3 Å². The number of nitrogens with one attached hydrogen (secondary N) is 3. The number of fused-ring (bicyclic) bond motifs is 2. The van der Waals surface area contributed by atoms with Crippen molar-refractivity contribution in [1.29, 1.82) is 0 Å². The molecule has 3 N–H and O–H groups in total. The number of ether oxygens (including phenoxy) is 1. The predicted molar refractivity (Wildman–Crippen MR) is 192 cm³/mol. The van der Waals surface area contributed by atoms with Gasteiger partial charge in [0.05, 0.1) is 23.5 Å². The molecule has 11 heteroatoms. The Kier molecular flexibility index (Phi) is 8.63. The molecule has 0 unspecified atom stereocenters. The van der Waals surface area contributed by atoms with Gasteiger partial charge in [-0.05, 0) is 67.8 Å². The van der Waals surface area contributed by atoms with Crippen molar-refractivity contribution in [3.8, 4) is 17.3 Å². The summed E-state index contributed by atoms with van der Waals surface area (Å²) in [6.45, 7) is 4.18. The van der Waals surface area contributed by atoms with E-state index in [-0.39, 0.29) is 11.9 Å². The van der Waals surface area contributed by atoms with E-state index < -0.39 is 0 Å². The number of aromatic nitrogens is 4. The molecule has 11 nitrogen and oxygen atoms in total. The SMILES string of the molecule is CCCCc1cc(NC(=O)Nc2ccc(Oc3ccnc(Nc4ccc5c(c4)CC(=O)N5C)n3)c3ccccc23)n(-c2ccc(C)cc2)n1. The molecule has 49 heavy (non-hydrogen) atoms. The average Bonchev–Trinajstić information content (AvgIpc) is 3.63. The first kappa shape index (κ1) is 31.4. The Morgan fingerprint density at radius 2 is 1.76 bits per heavy atom. The first-order chi connectivity index (χ1) is 23.8. The van der Waals surface area contributed by atoms with E-state index in [0.717, 1.165) is 63.9 Å². The van der Waals surface area contributed by atoms with Gasteiger partial charge < -0.3 is 20.3 Å². The second-order valence-corrected chi connectivity index (χ2v) is 12.0. The van der Waals surface area contributed by atoms with E-state index in [4.69, 9.17) is 9.84 Å². The van der Waals surface area contributed by atoms with Crippen molar-refractivity contribution in [2.24, 2.45) is 0 Å². The normalized spacial score (nSPS) is 12.2. The van der Waals surface area contributed by atoms with Crippen molar-refractivity contribution in [1.82, 2.24) is 19.7 Å². The second kappa shape index (κ2) is 13.5. The predicted octanol–water partition coefficient (Wildman–Crippen LogP) is 8.17. The van der Waals surface area contributed by atoms with E-state index in [1.807, 2.05) is 85.8 Å². The first-order valence-corrected chi connectivity index (χ1v) is 16.3. The fourth-order valence-corrected chi connectivity index (χ4v) is 5.87. The summed E-state index contributed by atoms with van der Waals surface area (Å²) >= 11 is 0. The summed E-state index contributed by atoms with van der Waals surface area (Å²) in [6.07, 6.45) is 4.88. The van der Waals surface area contributed by atoms with Gasteiger partial charge in [-0.2, -0.15) is 10.1 Å². The molecule has 0 saturated carbocycles. The Morgan fingerprint density at radius 1 is 0.939 bits per heavy atom. The van der Waals surface area contributed by atoms with Crippen molar-refractivity contribution >= 4 is 51.5 Å². The molecule has 3 heterocycles. The third-order valence-electron chi connectivity index (χ3n) is 8.46. The topological polar surface area (TPSA) is 126 Å². The molecule has 0 saturated heterocycles. The molecular formula is C38H36N8O3. The maximum Gasteiger partial charge on any atom is 0.324 e. The van der Waals surface area contributed by atoms with Gasteiger partial charge in [-0.3, -0.25) is 10.1 Å². The Bertz CT molecular complexity index is 2180. The fourth-order valence-electron chi connectivity index (χ4n) is 5.87. The van der Waals surface area contributed by atoms with E-state index in [1.54, 1.807) is 35.0 Å². The number of hydrogen-bond acceptors (Lipinski definition) is 7. The molecule has 0 atom stereocenters. The number of benzene rings is 4. The van der Waals surface area contributed by atoms with Gasteiger partial charge in [-0.25, -0.2) is 14.5 Å². The van der Waals surface area contributed by atoms with E-state index >= 15 is 0 Å². The third-order valence-corrected chi connectivity index (χ3v) is 8.46. The minimum absolute atomic E-state index is 0.0647. The number of carbonyl (C=O) groups is 2. The number of amides is 3. The van der Waals surface area contributed by atoms with Crippen LogP contribution in [0.2, 0.25) is 0 Å². The minimum atomic E-state index is -0.386. The molecule has 0 bridgehead atoms. The Hall–Kier alpha value is -6.23. The number of likely N-dealkylation sites (N-methyl/N-ethyl adjacent to an activating group) is 1. The largest absolute Gasteiger partial charge is 0.438 e. The standard InChI is InChI=1S/C38H36N8O3/c1-4-5-8-27-23-34(46(44-27)28-14-11-24(2)12-15-28)42-38(48)41-31-16-18-33(30-10-7-6-9-29(30)31)49-35-19-20-39-37(43-35)40-26-13-17-32-25(21-26)22-36(47)45(32)3/h6-7,9-21,23H,4-5,8,22H2,1-3H3,(H,39,40,43)(H2,41,42,48). The number of anilines is 5. The second-order valence-electron chi connectivity index (χ2n) is 12.0. The molecule has 0 spiro atoms. The fraction of sp³-hybridized carbons (Fsp3) is 0.184. The summed E-state index contributed by atoms with van der Waals surface area (Å²) in [6, 6.07) is 28.3. The summed E-state index contributed by atoms with van der Waals surface area (Å²) in [4.78, 5) is 36.1. The molecule has 7 rings (SSSR count). The van der Waals surface area contributed by atoms with Gasteiger partial charge in [-0.15, -0.1) is 0 Å². The molecule has 246 valence electrons. The van der Waals surface area contributed by atoms with Gasteiger partial charge in [0.15, 0.2) is 0 Å². The smallest absolute Gasteiger partial charge is 0.324 e. The van der Waals surface area contributed by atoms with E-state index in [2.05, 4.69) is 32.8 Å².